The van der Waals surface area contributed by atoms with Gasteiger partial charge in [-0.15, -0.1) is 0 Å². The zero-order valence-electron chi connectivity index (χ0n) is 17.2. The van der Waals surface area contributed by atoms with Gasteiger partial charge in [0, 0.05) is 37.7 Å². The van der Waals surface area contributed by atoms with Crippen LogP contribution in [0.25, 0.3) is 16.7 Å². The van der Waals surface area contributed by atoms with Gasteiger partial charge in [0.25, 0.3) is 0 Å². The number of para-hydroxylation sites is 1. The van der Waals surface area contributed by atoms with Gasteiger partial charge in [-0.05, 0) is 38.8 Å². The maximum Gasteiger partial charge on any atom is 0.343 e. The minimum atomic E-state index is -0.648. The Hall–Kier alpha value is -3.26. The average Bonchev–Trinajstić information content (AvgIpc) is 3.30. The number of carbonyl (C=O) groups excluding carboxylic acids is 1. The van der Waals surface area contributed by atoms with E-state index in [0.717, 1.165) is 38.2 Å². The highest BCUT2D eigenvalue weighted by molar-refractivity contribution is 5.93. The third kappa shape index (κ3) is 3.66. The Morgan fingerprint density at radius 1 is 1.17 bits per heavy atom. The molecular formula is C22H25N5O3. The van der Waals surface area contributed by atoms with Crippen LogP contribution in [-0.4, -0.2) is 51.8 Å². The van der Waals surface area contributed by atoms with Gasteiger partial charge in [0.2, 0.25) is 11.4 Å². The summed E-state index contributed by atoms with van der Waals surface area (Å²) >= 11 is 0. The fraction of sp³-hybridized carbons (Fsp3) is 0.364. The molecule has 8 nitrogen and oxygen atoms in total. The first-order chi connectivity index (χ1) is 14.6. The molecule has 2 aromatic heterocycles. The van der Waals surface area contributed by atoms with Crippen LogP contribution in [0.2, 0.25) is 0 Å². The normalized spacial score (nSPS) is 14.2. The lowest BCUT2D eigenvalue weighted by atomic mass is 10.2. The van der Waals surface area contributed by atoms with Gasteiger partial charge in [-0.3, -0.25) is 9.80 Å². The average molecular weight is 407 g/mol. The molecule has 1 fully saturated rings. The van der Waals surface area contributed by atoms with Crippen molar-refractivity contribution in [1.29, 1.82) is 0 Å². The van der Waals surface area contributed by atoms with Crippen LogP contribution >= 0.6 is 0 Å². The Balaban J connectivity index is 1.92. The number of fused-ring (bicyclic) bond motifs is 1. The van der Waals surface area contributed by atoms with E-state index in [4.69, 9.17) is 9.72 Å². The Morgan fingerprint density at radius 2 is 1.90 bits per heavy atom. The van der Waals surface area contributed by atoms with Crippen LogP contribution in [0.1, 0.15) is 37.0 Å². The highest BCUT2D eigenvalue weighted by atomic mass is 16.5. The number of ether oxygens (including phenoxy) is 1. The molecule has 3 heterocycles. The second kappa shape index (κ2) is 8.62. The van der Waals surface area contributed by atoms with E-state index in [0.29, 0.717) is 11.6 Å². The molecule has 1 aliphatic rings. The van der Waals surface area contributed by atoms with Crippen LogP contribution in [-0.2, 0) is 4.74 Å². The molecular weight excluding hydrogens is 382 g/mol. The molecule has 30 heavy (non-hydrogen) atoms. The SMILES string of the molecule is CCOC(=O)c1cn(-c2ccccc2)c2nc(N(CC)N3CCCC3)ncc2c1=O. The highest BCUT2D eigenvalue weighted by Crippen LogP contribution is 2.21. The lowest BCUT2D eigenvalue weighted by Crippen LogP contribution is -2.41. The van der Waals surface area contributed by atoms with Gasteiger partial charge in [-0.25, -0.2) is 14.8 Å². The molecule has 0 aliphatic carbocycles. The molecule has 0 N–H and O–H groups in total. The van der Waals surface area contributed by atoms with E-state index in [1.165, 1.54) is 12.4 Å². The summed E-state index contributed by atoms with van der Waals surface area (Å²) in [6.45, 7) is 6.60. The number of rotatable bonds is 6. The number of anilines is 1. The van der Waals surface area contributed by atoms with Crippen molar-refractivity contribution in [1.82, 2.24) is 19.5 Å². The van der Waals surface area contributed by atoms with Crippen molar-refractivity contribution in [3.8, 4) is 5.69 Å². The van der Waals surface area contributed by atoms with Crippen molar-refractivity contribution in [2.45, 2.75) is 26.7 Å². The molecule has 8 heteroatoms. The summed E-state index contributed by atoms with van der Waals surface area (Å²) in [5.74, 6) is -0.106. The second-order valence-corrected chi connectivity index (χ2v) is 7.08. The summed E-state index contributed by atoms with van der Waals surface area (Å²) in [6.07, 6.45) is 5.31. The van der Waals surface area contributed by atoms with E-state index in [9.17, 15) is 9.59 Å². The zero-order valence-corrected chi connectivity index (χ0v) is 17.2. The van der Waals surface area contributed by atoms with Crippen LogP contribution < -0.4 is 10.4 Å². The summed E-state index contributed by atoms with van der Waals surface area (Å²) in [5, 5.41) is 4.57. The van der Waals surface area contributed by atoms with Crippen molar-refractivity contribution in [3.05, 3.63) is 58.5 Å². The largest absolute Gasteiger partial charge is 0.462 e. The number of benzene rings is 1. The Labute approximate surface area is 174 Å². The quantitative estimate of drug-likeness (QED) is 0.581. The molecule has 0 unspecified atom stereocenters. The summed E-state index contributed by atoms with van der Waals surface area (Å²) < 4.78 is 6.84. The van der Waals surface area contributed by atoms with E-state index in [1.54, 1.807) is 11.5 Å². The van der Waals surface area contributed by atoms with E-state index in [-0.39, 0.29) is 17.6 Å². The molecule has 1 saturated heterocycles. The van der Waals surface area contributed by atoms with E-state index in [2.05, 4.69) is 16.9 Å². The molecule has 0 saturated carbocycles. The zero-order chi connectivity index (χ0) is 21.1. The monoisotopic (exact) mass is 407 g/mol. The number of aromatic nitrogens is 3. The van der Waals surface area contributed by atoms with E-state index >= 15 is 0 Å². The lowest BCUT2D eigenvalue weighted by molar-refractivity contribution is 0.0524. The lowest BCUT2D eigenvalue weighted by Gasteiger charge is -2.30. The number of carbonyl (C=O) groups is 1. The number of esters is 1. The summed E-state index contributed by atoms with van der Waals surface area (Å²) in [4.78, 5) is 34.6. The smallest absolute Gasteiger partial charge is 0.343 e. The van der Waals surface area contributed by atoms with Gasteiger partial charge in [-0.2, -0.15) is 4.98 Å². The molecule has 0 amide bonds. The van der Waals surface area contributed by atoms with E-state index in [1.807, 2.05) is 35.3 Å². The number of pyridine rings is 1. The number of hydrazine groups is 1. The molecule has 0 radical (unpaired) electrons. The van der Waals surface area contributed by atoms with Gasteiger partial charge < -0.3 is 9.30 Å². The van der Waals surface area contributed by atoms with Gasteiger partial charge in [0.15, 0.2) is 5.65 Å². The minimum Gasteiger partial charge on any atom is -0.462 e. The maximum atomic E-state index is 13.0. The molecule has 4 rings (SSSR count). The van der Waals surface area contributed by atoms with Gasteiger partial charge in [0.1, 0.15) is 5.56 Å². The molecule has 156 valence electrons. The Morgan fingerprint density at radius 3 is 2.57 bits per heavy atom. The van der Waals surface area contributed by atoms with Crippen molar-refractivity contribution in [2.24, 2.45) is 0 Å². The van der Waals surface area contributed by atoms with Gasteiger partial charge >= 0.3 is 5.97 Å². The van der Waals surface area contributed by atoms with E-state index < -0.39 is 11.4 Å². The second-order valence-electron chi connectivity index (χ2n) is 7.08. The Kier molecular flexibility index (Phi) is 5.76. The van der Waals surface area contributed by atoms with Crippen LogP contribution in [0.4, 0.5) is 5.95 Å². The first kappa shape index (κ1) is 20.0. The summed E-state index contributed by atoms with van der Waals surface area (Å²) in [6, 6.07) is 9.51. The van der Waals surface area contributed by atoms with Crippen molar-refractivity contribution in [2.75, 3.05) is 31.3 Å². The minimum absolute atomic E-state index is 0.0311. The number of hydrogen-bond acceptors (Lipinski definition) is 7. The first-order valence-electron chi connectivity index (χ1n) is 10.3. The fourth-order valence-corrected chi connectivity index (χ4v) is 3.78. The van der Waals surface area contributed by atoms with Crippen molar-refractivity contribution >= 4 is 23.0 Å². The van der Waals surface area contributed by atoms with Crippen LogP contribution in [0, 0.1) is 0 Å². The standard InChI is InChI=1S/C22H25N5O3/c1-3-27(25-12-8-9-13-25)22-23-14-17-19(28)18(21(29)30-4-2)15-26(20(17)24-22)16-10-6-5-7-11-16/h5-7,10-11,14-15H,3-4,8-9,12-13H2,1-2H3. The molecule has 0 atom stereocenters. The number of hydrogen-bond donors (Lipinski definition) is 0. The van der Waals surface area contributed by atoms with Crippen LogP contribution in [0.3, 0.4) is 0 Å². The molecule has 1 aliphatic heterocycles. The molecule has 0 bridgehead atoms. The molecule has 0 spiro atoms. The number of nitrogens with zero attached hydrogens (tertiary/aromatic N) is 5. The fourth-order valence-electron chi connectivity index (χ4n) is 3.78. The van der Waals surface area contributed by atoms with Crippen LogP contribution in [0.15, 0.2) is 47.5 Å². The predicted octanol–water partition coefficient (Wildman–Crippen LogP) is 2.79. The van der Waals surface area contributed by atoms with Gasteiger partial charge in [-0.1, -0.05) is 18.2 Å². The maximum absolute atomic E-state index is 13.0. The summed E-state index contributed by atoms with van der Waals surface area (Å²) in [5.41, 5.74) is 0.798. The van der Waals surface area contributed by atoms with Crippen LogP contribution in [0.5, 0.6) is 0 Å². The topological polar surface area (TPSA) is 80.6 Å². The molecule has 1 aromatic carbocycles. The van der Waals surface area contributed by atoms with Crippen molar-refractivity contribution in [3.63, 3.8) is 0 Å². The van der Waals surface area contributed by atoms with Gasteiger partial charge in [0.05, 0.1) is 12.0 Å². The third-order valence-electron chi connectivity index (χ3n) is 5.22. The Bertz CT molecular complexity index is 1110. The highest BCUT2D eigenvalue weighted by Gasteiger charge is 2.23. The molecule has 3 aromatic rings. The third-order valence-corrected chi connectivity index (χ3v) is 5.22. The first-order valence-corrected chi connectivity index (χ1v) is 10.3. The summed E-state index contributed by atoms with van der Waals surface area (Å²) in [7, 11) is 0. The predicted molar refractivity (Wildman–Crippen MR) is 115 cm³/mol. The van der Waals surface area contributed by atoms with Crippen molar-refractivity contribution < 1.29 is 9.53 Å².